The molecule has 0 saturated carbocycles. The molecule has 13 heavy (non-hydrogen) atoms. The van der Waals surface area contributed by atoms with E-state index in [9.17, 15) is 0 Å². The molecule has 1 unspecified atom stereocenters. The number of hydrogen-bond donors (Lipinski definition) is 1. The van der Waals surface area contributed by atoms with Gasteiger partial charge in [-0.25, -0.2) is 0 Å². The highest BCUT2D eigenvalue weighted by molar-refractivity contribution is 5.32. The molecule has 0 aliphatic carbocycles. The summed E-state index contributed by atoms with van der Waals surface area (Å²) in [6, 6.07) is 1.67. The molecule has 1 rings (SSSR count). The van der Waals surface area contributed by atoms with E-state index >= 15 is 0 Å². The molecule has 1 heterocycles. The third kappa shape index (κ3) is 2.40. The van der Waals surface area contributed by atoms with Gasteiger partial charge >= 0.3 is 0 Å². The van der Waals surface area contributed by atoms with E-state index in [1.165, 1.54) is 0 Å². The van der Waals surface area contributed by atoms with Crippen molar-refractivity contribution in [2.45, 2.75) is 6.04 Å². The summed E-state index contributed by atoms with van der Waals surface area (Å²) >= 11 is 0. The second kappa shape index (κ2) is 4.79. The van der Waals surface area contributed by atoms with Gasteiger partial charge in [-0.1, -0.05) is 0 Å². The summed E-state index contributed by atoms with van der Waals surface area (Å²) in [5.74, 6) is 0.701. The Morgan fingerprint density at radius 1 is 1.54 bits per heavy atom. The van der Waals surface area contributed by atoms with Gasteiger partial charge in [0.2, 0.25) is 0 Å². The summed E-state index contributed by atoms with van der Waals surface area (Å²) in [6.45, 7) is 0.473. The van der Waals surface area contributed by atoms with Gasteiger partial charge < -0.3 is 15.2 Å². The van der Waals surface area contributed by atoms with Crippen LogP contribution in [-0.4, -0.2) is 25.8 Å². The Balaban J connectivity index is 2.85. The van der Waals surface area contributed by atoms with Crippen molar-refractivity contribution in [3.63, 3.8) is 0 Å². The maximum absolute atomic E-state index is 5.85. The third-order valence-electron chi connectivity index (χ3n) is 1.78. The van der Waals surface area contributed by atoms with E-state index in [1.54, 1.807) is 26.6 Å². The molecule has 0 aromatic carbocycles. The van der Waals surface area contributed by atoms with Crippen LogP contribution in [0.5, 0.6) is 5.75 Å². The Labute approximate surface area is 77.7 Å². The quantitative estimate of drug-likeness (QED) is 0.746. The van der Waals surface area contributed by atoms with Crippen LogP contribution in [0, 0.1) is 0 Å². The predicted octanol–water partition coefficient (Wildman–Crippen LogP) is 0.736. The fraction of sp³-hybridized carbons (Fsp3) is 0.444. The number of pyridine rings is 1. The molecule has 0 aliphatic rings. The smallest absolute Gasteiger partial charge is 0.141 e. The highest BCUT2D eigenvalue weighted by atomic mass is 16.5. The van der Waals surface area contributed by atoms with Crippen LogP contribution in [0.25, 0.3) is 0 Å². The average Bonchev–Trinajstić information content (AvgIpc) is 2.18. The summed E-state index contributed by atoms with van der Waals surface area (Å²) in [5, 5.41) is 0. The zero-order valence-electron chi connectivity index (χ0n) is 7.86. The third-order valence-corrected chi connectivity index (χ3v) is 1.78. The SMILES string of the molecule is COCC(N)c1ccncc1OC. The van der Waals surface area contributed by atoms with Crippen molar-refractivity contribution in [3.05, 3.63) is 24.0 Å². The van der Waals surface area contributed by atoms with Gasteiger partial charge in [0.25, 0.3) is 0 Å². The molecule has 2 N–H and O–H groups in total. The van der Waals surface area contributed by atoms with Crippen molar-refractivity contribution in [3.8, 4) is 5.75 Å². The van der Waals surface area contributed by atoms with Crippen LogP contribution in [0.3, 0.4) is 0 Å². The number of nitrogens with two attached hydrogens (primary N) is 1. The van der Waals surface area contributed by atoms with Gasteiger partial charge in [-0.05, 0) is 6.07 Å². The normalized spacial score (nSPS) is 12.5. The first-order valence-corrected chi connectivity index (χ1v) is 4.02. The van der Waals surface area contributed by atoms with Crippen molar-refractivity contribution in [1.82, 2.24) is 4.98 Å². The van der Waals surface area contributed by atoms with Crippen LogP contribution in [-0.2, 0) is 4.74 Å². The lowest BCUT2D eigenvalue weighted by Crippen LogP contribution is -2.17. The van der Waals surface area contributed by atoms with Crippen LogP contribution < -0.4 is 10.5 Å². The number of hydrogen-bond acceptors (Lipinski definition) is 4. The van der Waals surface area contributed by atoms with E-state index in [0.29, 0.717) is 12.4 Å². The molecule has 0 saturated heterocycles. The minimum atomic E-state index is -0.164. The summed E-state index contributed by atoms with van der Waals surface area (Å²) < 4.78 is 10.1. The number of nitrogens with zero attached hydrogens (tertiary/aromatic N) is 1. The highest BCUT2D eigenvalue weighted by Gasteiger charge is 2.10. The van der Waals surface area contributed by atoms with Crippen LogP contribution in [0.4, 0.5) is 0 Å². The van der Waals surface area contributed by atoms with Gasteiger partial charge in [-0.15, -0.1) is 0 Å². The summed E-state index contributed by atoms with van der Waals surface area (Å²) in [5.41, 5.74) is 6.77. The van der Waals surface area contributed by atoms with Gasteiger partial charge in [0.05, 0.1) is 26.0 Å². The fourth-order valence-corrected chi connectivity index (χ4v) is 1.14. The summed E-state index contributed by atoms with van der Waals surface area (Å²) in [6.07, 6.45) is 3.33. The summed E-state index contributed by atoms with van der Waals surface area (Å²) in [4.78, 5) is 3.94. The van der Waals surface area contributed by atoms with Gasteiger partial charge in [0, 0.05) is 18.9 Å². The van der Waals surface area contributed by atoms with Gasteiger partial charge in [-0.2, -0.15) is 0 Å². The van der Waals surface area contributed by atoms with E-state index in [-0.39, 0.29) is 6.04 Å². The lowest BCUT2D eigenvalue weighted by atomic mass is 10.1. The van der Waals surface area contributed by atoms with E-state index < -0.39 is 0 Å². The van der Waals surface area contributed by atoms with Crippen LogP contribution in [0.15, 0.2) is 18.5 Å². The molecule has 0 spiro atoms. The summed E-state index contributed by atoms with van der Waals surface area (Å²) in [7, 11) is 3.22. The molecule has 0 radical (unpaired) electrons. The standard InChI is InChI=1S/C9H14N2O2/c1-12-6-8(10)7-3-4-11-5-9(7)13-2/h3-5,8H,6,10H2,1-2H3. The molecule has 0 aliphatic heterocycles. The van der Waals surface area contributed by atoms with Crippen molar-refractivity contribution >= 4 is 0 Å². The molecule has 0 fully saturated rings. The molecule has 0 bridgehead atoms. The second-order valence-corrected chi connectivity index (χ2v) is 2.68. The van der Waals surface area contributed by atoms with Crippen molar-refractivity contribution in [2.24, 2.45) is 5.73 Å². The van der Waals surface area contributed by atoms with E-state index in [1.807, 2.05) is 6.07 Å². The molecule has 72 valence electrons. The minimum absolute atomic E-state index is 0.164. The number of ether oxygens (including phenoxy) is 2. The first-order valence-electron chi connectivity index (χ1n) is 4.02. The molecule has 1 atom stereocenters. The van der Waals surface area contributed by atoms with Crippen molar-refractivity contribution in [1.29, 1.82) is 0 Å². The van der Waals surface area contributed by atoms with E-state index in [4.69, 9.17) is 15.2 Å². The Kier molecular flexibility index (Phi) is 3.67. The first kappa shape index (κ1) is 9.95. The van der Waals surface area contributed by atoms with Crippen LogP contribution >= 0.6 is 0 Å². The molecular weight excluding hydrogens is 168 g/mol. The van der Waals surface area contributed by atoms with E-state index in [2.05, 4.69) is 4.98 Å². The Morgan fingerprint density at radius 2 is 2.31 bits per heavy atom. The molecule has 1 aromatic heterocycles. The maximum Gasteiger partial charge on any atom is 0.141 e. The van der Waals surface area contributed by atoms with Crippen LogP contribution in [0.2, 0.25) is 0 Å². The predicted molar refractivity (Wildman–Crippen MR) is 49.6 cm³/mol. The highest BCUT2D eigenvalue weighted by Crippen LogP contribution is 2.21. The lowest BCUT2D eigenvalue weighted by molar-refractivity contribution is 0.179. The number of aromatic nitrogens is 1. The van der Waals surface area contributed by atoms with Gasteiger partial charge in [0.15, 0.2) is 0 Å². The van der Waals surface area contributed by atoms with Crippen molar-refractivity contribution in [2.75, 3.05) is 20.8 Å². The Hall–Kier alpha value is -1.13. The first-order chi connectivity index (χ1) is 6.29. The average molecular weight is 182 g/mol. The molecule has 1 aromatic rings. The molecule has 4 heteroatoms. The molecular formula is C9H14N2O2. The topological polar surface area (TPSA) is 57.4 Å². The van der Waals surface area contributed by atoms with Crippen LogP contribution in [0.1, 0.15) is 11.6 Å². The Morgan fingerprint density at radius 3 is 2.92 bits per heavy atom. The second-order valence-electron chi connectivity index (χ2n) is 2.68. The Bertz CT molecular complexity index is 266. The van der Waals surface area contributed by atoms with Crippen molar-refractivity contribution < 1.29 is 9.47 Å². The zero-order valence-corrected chi connectivity index (χ0v) is 7.86. The largest absolute Gasteiger partial charge is 0.495 e. The number of rotatable bonds is 4. The fourth-order valence-electron chi connectivity index (χ4n) is 1.14. The van der Waals surface area contributed by atoms with E-state index in [0.717, 1.165) is 5.56 Å². The number of methoxy groups -OCH3 is 2. The lowest BCUT2D eigenvalue weighted by Gasteiger charge is -2.13. The maximum atomic E-state index is 5.85. The van der Waals surface area contributed by atoms with Gasteiger partial charge in [-0.3, -0.25) is 4.98 Å². The zero-order chi connectivity index (χ0) is 9.68. The minimum Gasteiger partial charge on any atom is -0.495 e. The van der Waals surface area contributed by atoms with Gasteiger partial charge in [0.1, 0.15) is 5.75 Å². The monoisotopic (exact) mass is 182 g/mol. The molecule has 0 amide bonds. The molecule has 4 nitrogen and oxygen atoms in total.